The van der Waals surface area contributed by atoms with Crippen LogP contribution in [0.1, 0.15) is 44.7 Å². The summed E-state index contributed by atoms with van der Waals surface area (Å²) in [6, 6.07) is 0. The molecule has 4 heteroatoms. The fraction of sp³-hybridized carbons (Fsp3) is 0.769. The zero-order chi connectivity index (χ0) is 13.1. The third kappa shape index (κ3) is 4.64. The molecular weight excluding hydrogens is 230 g/mol. The van der Waals surface area contributed by atoms with Gasteiger partial charge in [0.2, 0.25) is 0 Å². The number of aryl methyl sites for hydroxylation is 1. The van der Waals surface area contributed by atoms with Crippen molar-refractivity contribution < 1.29 is 0 Å². The molecule has 0 saturated heterocycles. The highest BCUT2D eigenvalue weighted by Gasteiger charge is 2.15. The molecule has 0 radical (unpaired) electrons. The third-order valence-electron chi connectivity index (χ3n) is 2.42. The van der Waals surface area contributed by atoms with Gasteiger partial charge in [0.15, 0.2) is 5.13 Å². The average Bonchev–Trinajstić information content (AvgIpc) is 2.58. The highest BCUT2D eigenvalue weighted by Crippen LogP contribution is 2.26. The Morgan fingerprint density at radius 1 is 1.29 bits per heavy atom. The Morgan fingerprint density at radius 2 is 1.94 bits per heavy atom. The Kier molecular flexibility index (Phi) is 4.95. The van der Waals surface area contributed by atoms with Crippen molar-refractivity contribution in [3.63, 3.8) is 0 Å². The van der Waals surface area contributed by atoms with E-state index in [1.165, 1.54) is 10.6 Å². The van der Waals surface area contributed by atoms with Gasteiger partial charge in [0, 0.05) is 31.1 Å². The van der Waals surface area contributed by atoms with Gasteiger partial charge in [-0.2, -0.15) is 0 Å². The molecule has 1 N–H and O–H groups in total. The summed E-state index contributed by atoms with van der Waals surface area (Å²) in [5.41, 5.74) is 1.42. The Balaban J connectivity index is 2.81. The molecular formula is C13H25N3S. The molecule has 0 bridgehead atoms. The van der Waals surface area contributed by atoms with Gasteiger partial charge in [0.05, 0.1) is 5.69 Å². The smallest absolute Gasteiger partial charge is 0.185 e. The minimum Gasteiger partial charge on any atom is -0.354 e. The predicted octanol–water partition coefficient (Wildman–Crippen LogP) is 3.05. The first-order valence-corrected chi connectivity index (χ1v) is 7.06. The topological polar surface area (TPSA) is 28.2 Å². The van der Waals surface area contributed by atoms with E-state index < -0.39 is 0 Å². The van der Waals surface area contributed by atoms with E-state index in [1.807, 2.05) is 0 Å². The number of aromatic nitrogens is 1. The van der Waals surface area contributed by atoms with Gasteiger partial charge in [-0.15, -0.1) is 11.3 Å². The number of anilines is 1. The zero-order valence-corrected chi connectivity index (χ0v) is 12.7. The highest BCUT2D eigenvalue weighted by molar-refractivity contribution is 7.15. The monoisotopic (exact) mass is 255 g/mol. The molecule has 3 nitrogen and oxygen atoms in total. The lowest BCUT2D eigenvalue weighted by atomic mass is 10.1. The molecule has 0 atom stereocenters. The molecule has 0 unspecified atom stereocenters. The van der Waals surface area contributed by atoms with Gasteiger partial charge < -0.3 is 10.2 Å². The number of nitrogens with one attached hydrogen (secondary N) is 1. The summed E-state index contributed by atoms with van der Waals surface area (Å²) in [6.45, 7) is 9.71. The van der Waals surface area contributed by atoms with Crippen LogP contribution in [0.3, 0.4) is 0 Å². The largest absolute Gasteiger partial charge is 0.354 e. The van der Waals surface area contributed by atoms with E-state index in [-0.39, 0.29) is 5.54 Å². The van der Waals surface area contributed by atoms with Gasteiger partial charge in [-0.25, -0.2) is 4.98 Å². The maximum atomic E-state index is 4.70. The third-order valence-corrected chi connectivity index (χ3v) is 3.68. The van der Waals surface area contributed by atoms with Gasteiger partial charge in [-0.3, -0.25) is 0 Å². The Bertz CT molecular complexity index is 350. The molecule has 1 heterocycles. The van der Waals surface area contributed by atoms with E-state index in [2.05, 4.69) is 52.0 Å². The molecule has 17 heavy (non-hydrogen) atoms. The van der Waals surface area contributed by atoms with Crippen LogP contribution in [0.5, 0.6) is 0 Å². The summed E-state index contributed by atoms with van der Waals surface area (Å²) in [7, 11) is 4.10. The maximum Gasteiger partial charge on any atom is 0.185 e. The molecule has 0 saturated carbocycles. The summed E-state index contributed by atoms with van der Waals surface area (Å²) < 4.78 is 0. The van der Waals surface area contributed by atoms with Gasteiger partial charge in [-0.05, 0) is 27.2 Å². The molecule has 0 aromatic carbocycles. The second kappa shape index (κ2) is 5.83. The van der Waals surface area contributed by atoms with Crippen molar-refractivity contribution in [2.24, 2.45) is 0 Å². The van der Waals surface area contributed by atoms with Crippen LogP contribution in [-0.4, -0.2) is 24.6 Å². The van der Waals surface area contributed by atoms with Crippen LogP contribution in [0.25, 0.3) is 0 Å². The fourth-order valence-corrected chi connectivity index (χ4v) is 2.45. The predicted molar refractivity (Wildman–Crippen MR) is 77.0 cm³/mol. The molecule has 0 aliphatic rings. The lowest BCUT2D eigenvalue weighted by molar-refractivity contribution is 0.425. The summed E-state index contributed by atoms with van der Waals surface area (Å²) in [4.78, 5) is 8.17. The minimum absolute atomic E-state index is 0.158. The van der Waals surface area contributed by atoms with Crippen LogP contribution in [-0.2, 0) is 13.0 Å². The van der Waals surface area contributed by atoms with Gasteiger partial charge in [0.25, 0.3) is 0 Å². The van der Waals surface area contributed by atoms with E-state index in [9.17, 15) is 0 Å². The Labute approximate surface area is 109 Å². The number of thiazole rings is 1. The number of hydrogen-bond acceptors (Lipinski definition) is 4. The van der Waals surface area contributed by atoms with E-state index in [0.29, 0.717) is 0 Å². The van der Waals surface area contributed by atoms with E-state index in [0.717, 1.165) is 24.5 Å². The van der Waals surface area contributed by atoms with Crippen LogP contribution < -0.4 is 10.2 Å². The number of rotatable bonds is 5. The average molecular weight is 255 g/mol. The van der Waals surface area contributed by atoms with Gasteiger partial charge in [0.1, 0.15) is 0 Å². The molecule has 1 rings (SSSR count). The van der Waals surface area contributed by atoms with Gasteiger partial charge in [-0.1, -0.05) is 13.3 Å². The van der Waals surface area contributed by atoms with Crippen LogP contribution in [0.2, 0.25) is 0 Å². The second-order valence-corrected chi connectivity index (χ2v) is 6.68. The SMILES string of the molecule is CCCc1nc(N(C)C)sc1CNC(C)(C)C. The van der Waals surface area contributed by atoms with Crippen LogP contribution >= 0.6 is 11.3 Å². The van der Waals surface area contributed by atoms with Crippen LogP contribution in [0.15, 0.2) is 0 Å². The Morgan fingerprint density at radius 3 is 2.41 bits per heavy atom. The van der Waals surface area contributed by atoms with Crippen molar-refractivity contribution in [1.82, 2.24) is 10.3 Å². The summed E-state index contributed by atoms with van der Waals surface area (Å²) in [6.07, 6.45) is 2.23. The minimum atomic E-state index is 0.158. The number of hydrogen-bond donors (Lipinski definition) is 1. The van der Waals surface area contributed by atoms with Crippen molar-refractivity contribution in [2.45, 2.75) is 52.6 Å². The van der Waals surface area contributed by atoms with Crippen molar-refractivity contribution in [1.29, 1.82) is 0 Å². The fourth-order valence-electron chi connectivity index (χ4n) is 1.48. The normalized spacial score (nSPS) is 11.9. The Hall–Kier alpha value is -0.610. The molecule has 0 aliphatic heterocycles. The first-order chi connectivity index (χ1) is 7.83. The second-order valence-electron chi connectivity index (χ2n) is 5.61. The molecule has 1 aromatic heterocycles. The first kappa shape index (κ1) is 14.5. The standard InChI is InChI=1S/C13H25N3S/c1-7-8-10-11(9-14-13(2,3)4)17-12(15-10)16(5)6/h14H,7-9H2,1-6H3. The van der Waals surface area contributed by atoms with Crippen LogP contribution in [0, 0.1) is 0 Å². The van der Waals surface area contributed by atoms with E-state index in [1.54, 1.807) is 11.3 Å². The lowest BCUT2D eigenvalue weighted by Crippen LogP contribution is -2.35. The molecule has 0 amide bonds. The highest BCUT2D eigenvalue weighted by atomic mass is 32.1. The lowest BCUT2D eigenvalue weighted by Gasteiger charge is -2.20. The molecule has 98 valence electrons. The zero-order valence-electron chi connectivity index (χ0n) is 11.9. The van der Waals surface area contributed by atoms with Crippen molar-refractivity contribution in [3.8, 4) is 0 Å². The van der Waals surface area contributed by atoms with E-state index in [4.69, 9.17) is 4.98 Å². The van der Waals surface area contributed by atoms with Gasteiger partial charge >= 0.3 is 0 Å². The number of nitrogens with zero attached hydrogens (tertiary/aromatic N) is 2. The molecule has 0 aliphatic carbocycles. The van der Waals surface area contributed by atoms with Crippen molar-refractivity contribution in [2.75, 3.05) is 19.0 Å². The molecule has 0 fully saturated rings. The van der Waals surface area contributed by atoms with E-state index >= 15 is 0 Å². The summed E-state index contributed by atoms with van der Waals surface area (Å²) in [5.74, 6) is 0. The quantitative estimate of drug-likeness (QED) is 0.876. The molecule has 1 aromatic rings. The molecule has 0 spiro atoms. The van der Waals surface area contributed by atoms with Crippen LogP contribution in [0.4, 0.5) is 5.13 Å². The van der Waals surface area contributed by atoms with Crippen molar-refractivity contribution in [3.05, 3.63) is 10.6 Å². The first-order valence-electron chi connectivity index (χ1n) is 6.24. The maximum absolute atomic E-state index is 4.70. The van der Waals surface area contributed by atoms with Crippen molar-refractivity contribution >= 4 is 16.5 Å². The summed E-state index contributed by atoms with van der Waals surface area (Å²) in [5, 5.41) is 4.65. The summed E-state index contributed by atoms with van der Waals surface area (Å²) >= 11 is 1.80.